The van der Waals surface area contributed by atoms with Crippen LogP contribution in [-0.4, -0.2) is 23.3 Å². The van der Waals surface area contributed by atoms with Crippen molar-refractivity contribution in [2.75, 3.05) is 16.8 Å². The van der Waals surface area contributed by atoms with Gasteiger partial charge < -0.3 is 10.6 Å². The molecule has 0 radical (unpaired) electrons. The third-order valence-electron chi connectivity index (χ3n) is 4.37. The van der Waals surface area contributed by atoms with E-state index in [-0.39, 0.29) is 29.4 Å². The quantitative estimate of drug-likeness (QED) is 0.742. The number of hydrogen-bond donors (Lipinski definition) is 2. The van der Waals surface area contributed by atoms with Crippen molar-refractivity contribution in [3.8, 4) is 0 Å². The van der Waals surface area contributed by atoms with E-state index >= 15 is 0 Å². The van der Waals surface area contributed by atoms with Gasteiger partial charge in [-0.05, 0) is 43.4 Å². The van der Waals surface area contributed by atoms with Crippen molar-refractivity contribution in [2.45, 2.75) is 25.8 Å². The topological polar surface area (TPSA) is 58.2 Å². The lowest BCUT2D eigenvalue weighted by Crippen LogP contribution is -2.31. The number of nitrogens with one attached hydrogen (secondary N) is 2. The molecule has 1 atom stereocenters. The van der Waals surface area contributed by atoms with Gasteiger partial charge in [0, 0.05) is 5.69 Å². The van der Waals surface area contributed by atoms with Crippen molar-refractivity contribution in [2.24, 2.45) is 5.92 Å². The van der Waals surface area contributed by atoms with Gasteiger partial charge >= 0.3 is 0 Å². The summed E-state index contributed by atoms with van der Waals surface area (Å²) in [5.74, 6) is 0.987. The number of anilines is 1. The summed E-state index contributed by atoms with van der Waals surface area (Å²) in [4.78, 5) is 24.2. The predicted molar refractivity (Wildman–Crippen MR) is 107 cm³/mol. The zero-order chi connectivity index (χ0) is 18.4. The summed E-state index contributed by atoms with van der Waals surface area (Å²) in [6.07, 6.45) is 2.32. The van der Waals surface area contributed by atoms with E-state index in [9.17, 15) is 9.59 Å². The minimum Gasteiger partial charge on any atom is -0.348 e. The molecule has 2 aromatic rings. The number of benzene rings is 2. The van der Waals surface area contributed by atoms with Crippen LogP contribution in [0.2, 0.25) is 0 Å². The first-order chi connectivity index (χ1) is 12.6. The Morgan fingerprint density at radius 1 is 1.00 bits per heavy atom. The van der Waals surface area contributed by atoms with Crippen molar-refractivity contribution in [3.05, 3.63) is 65.7 Å². The lowest BCUT2D eigenvalue weighted by atomic mass is 10.0. The first-order valence-corrected chi connectivity index (χ1v) is 10.1. The number of aryl methyl sites for hydroxylation is 1. The number of rotatable bonds is 8. The highest BCUT2D eigenvalue weighted by Crippen LogP contribution is 2.40. The van der Waals surface area contributed by atoms with Crippen molar-refractivity contribution >= 4 is 29.3 Å². The van der Waals surface area contributed by atoms with Gasteiger partial charge in [-0.15, -0.1) is 11.8 Å². The molecule has 136 valence electrons. The van der Waals surface area contributed by atoms with Crippen LogP contribution in [0.3, 0.4) is 0 Å². The van der Waals surface area contributed by atoms with Crippen LogP contribution in [0.1, 0.15) is 30.0 Å². The van der Waals surface area contributed by atoms with Crippen LogP contribution in [-0.2, 0) is 9.59 Å². The normalized spacial score (nSPS) is 14.5. The Balaban J connectivity index is 1.42. The van der Waals surface area contributed by atoms with Crippen LogP contribution in [0.15, 0.2) is 54.6 Å². The Morgan fingerprint density at radius 2 is 1.65 bits per heavy atom. The summed E-state index contributed by atoms with van der Waals surface area (Å²) in [7, 11) is 0. The molecule has 26 heavy (non-hydrogen) atoms. The summed E-state index contributed by atoms with van der Waals surface area (Å²) >= 11 is 1.34. The fraction of sp³-hybridized carbons (Fsp3) is 0.333. The first kappa shape index (κ1) is 18.5. The largest absolute Gasteiger partial charge is 0.348 e. The summed E-state index contributed by atoms with van der Waals surface area (Å²) in [6.45, 7) is 2.00. The summed E-state index contributed by atoms with van der Waals surface area (Å²) in [5, 5.41) is 5.98. The molecule has 0 spiro atoms. The lowest BCUT2D eigenvalue weighted by molar-refractivity contribution is -0.119. The van der Waals surface area contributed by atoms with Crippen LogP contribution >= 0.6 is 11.8 Å². The lowest BCUT2D eigenvalue weighted by Gasteiger charge is -2.18. The molecule has 1 fully saturated rings. The van der Waals surface area contributed by atoms with Crippen molar-refractivity contribution < 1.29 is 9.59 Å². The molecular weight excluding hydrogens is 344 g/mol. The fourth-order valence-electron chi connectivity index (χ4n) is 2.85. The van der Waals surface area contributed by atoms with Crippen molar-refractivity contribution in [1.29, 1.82) is 0 Å². The fourth-order valence-corrected chi connectivity index (χ4v) is 3.48. The SMILES string of the molecule is Cc1ccc(NC(=O)CSCC(=O)NC(c2ccccc2)C2CC2)cc1. The van der Waals surface area contributed by atoms with Gasteiger partial charge in [0.25, 0.3) is 0 Å². The molecule has 2 amide bonds. The summed E-state index contributed by atoms with van der Waals surface area (Å²) < 4.78 is 0. The van der Waals surface area contributed by atoms with Gasteiger partial charge in [-0.1, -0.05) is 48.0 Å². The maximum absolute atomic E-state index is 12.3. The minimum atomic E-state index is -0.0894. The zero-order valence-corrected chi connectivity index (χ0v) is 15.7. The Morgan fingerprint density at radius 3 is 2.31 bits per heavy atom. The van der Waals surface area contributed by atoms with Crippen molar-refractivity contribution in [1.82, 2.24) is 5.32 Å². The van der Waals surface area contributed by atoms with Gasteiger partial charge in [-0.3, -0.25) is 9.59 Å². The molecule has 0 saturated heterocycles. The number of amides is 2. The highest BCUT2D eigenvalue weighted by molar-refractivity contribution is 8.00. The Hall–Kier alpha value is -2.27. The van der Waals surface area contributed by atoms with E-state index in [0.29, 0.717) is 5.92 Å². The predicted octanol–water partition coefficient (Wildman–Crippen LogP) is 3.93. The second-order valence-corrected chi connectivity index (χ2v) is 7.69. The van der Waals surface area contributed by atoms with E-state index in [1.807, 2.05) is 49.4 Å². The molecule has 0 bridgehead atoms. The van der Waals surface area contributed by atoms with E-state index < -0.39 is 0 Å². The Kier molecular flexibility index (Phi) is 6.34. The molecule has 0 aliphatic heterocycles. The molecule has 2 aromatic carbocycles. The van der Waals surface area contributed by atoms with Gasteiger partial charge in [0.1, 0.15) is 0 Å². The molecule has 3 rings (SSSR count). The highest BCUT2D eigenvalue weighted by Gasteiger charge is 2.33. The maximum atomic E-state index is 12.3. The van der Waals surface area contributed by atoms with Crippen LogP contribution in [0.25, 0.3) is 0 Å². The van der Waals surface area contributed by atoms with Crippen LogP contribution in [0, 0.1) is 12.8 Å². The third kappa shape index (κ3) is 5.63. The molecule has 0 aromatic heterocycles. The average Bonchev–Trinajstić information content (AvgIpc) is 3.47. The van der Waals surface area contributed by atoms with Crippen molar-refractivity contribution in [3.63, 3.8) is 0 Å². The molecule has 2 N–H and O–H groups in total. The molecule has 1 aliphatic rings. The van der Waals surface area contributed by atoms with Gasteiger partial charge in [0.2, 0.25) is 11.8 Å². The molecule has 1 saturated carbocycles. The van der Waals surface area contributed by atoms with Gasteiger partial charge in [0.15, 0.2) is 0 Å². The van der Waals surface area contributed by atoms with Crippen LogP contribution in [0.5, 0.6) is 0 Å². The third-order valence-corrected chi connectivity index (χ3v) is 5.30. The van der Waals surface area contributed by atoms with E-state index in [1.54, 1.807) is 0 Å². The van der Waals surface area contributed by atoms with Crippen LogP contribution < -0.4 is 10.6 Å². The van der Waals surface area contributed by atoms with E-state index in [4.69, 9.17) is 0 Å². The second kappa shape index (κ2) is 8.90. The minimum absolute atomic E-state index is 0.0149. The van der Waals surface area contributed by atoms with E-state index in [2.05, 4.69) is 22.8 Å². The number of carbonyl (C=O) groups is 2. The van der Waals surface area contributed by atoms with Crippen LogP contribution in [0.4, 0.5) is 5.69 Å². The molecule has 0 heterocycles. The average molecular weight is 369 g/mol. The van der Waals surface area contributed by atoms with E-state index in [1.165, 1.54) is 11.8 Å². The number of hydrogen-bond acceptors (Lipinski definition) is 3. The molecule has 4 nitrogen and oxygen atoms in total. The molecule has 5 heteroatoms. The number of carbonyl (C=O) groups excluding carboxylic acids is 2. The van der Waals surface area contributed by atoms with Gasteiger partial charge in [-0.2, -0.15) is 0 Å². The first-order valence-electron chi connectivity index (χ1n) is 8.90. The highest BCUT2D eigenvalue weighted by atomic mass is 32.2. The monoisotopic (exact) mass is 368 g/mol. The Bertz CT molecular complexity index is 742. The zero-order valence-electron chi connectivity index (χ0n) is 14.9. The smallest absolute Gasteiger partial charge is 0.234 e. The second-order valence-electron chi connectivity index (χ2n) is 6.70. The number of thioether (sulfide) groups is 1. The molecule has 1 unspecified atom stereocenters. The summed E-state index contributed by atoms with van der Waals surface area (Å²) in [5.41, 5.74) is 3.09. The molecular formula is C21H24N2O2S. The maximum Gasteiger partial charge on any atom is 0.234 e. The standard InChI is InChI=1S/C21H24N2O2S/c1-15-7-11-18(12-8-15)22-19(24)13-26-14-20(25)23-21(17-9-10-17)16-5-3-2-4-6-16/h2-8,11-12,17,21H,9-10,13-14H2,1H3,(H,22,24)(H,23,25). The summed E-state index contributed by atoms with van der Waals surface area (Å²) in [6, 6.07) is 17.9. The Labute approximate surface area is 158 Å². The van der Waals surface area contributed by atoms with Gasteiger partial charge in [0.05, 0.1) is 17.5 Å². The molecule has 1 aliphatic carbocycles. The van der Waals surface area contributed by atoms with E-state index in [0.717, 1.165) is 29.7 Å². The van der Waals surface area contributed by atoms with Gasteiger partial charge in [-0.25, -0.2) is 0 Å².